The van der Waals surface area contributed by atoms with Gasteiger partial charge in [-0.15, -0.1) is 0 Å². The van der Waals surface area contributed by atoms with Crippen molar-refractivity contribution in [2.24, 2.45) is 5.73 Å². The van der Waals surface area contributed by atoms with Crippen LogP contribution >= 0.6 is 0 Å². The van der Waals surface area contributed by atoms with Gasteiger partial charge in [0.2, 0.25) is 5.52 Å². The molecule has 1 aliphatic rings. The molecule has 3 aromatic rings. The third kappa shape index (κ3) is 3.75. The number of benzene rings is 1. The van der Waals surface area contributed by atoms with E-state index < -0.39 is 0 Å². The van der Waals surface area contributed by atoms with Gasteiger partial charge < -0.3 is 16.4 Å². The number of nitrogens with one attached hydrogen (secondary N) is 4. The zero-order valence-corrected chi connectivity index (χ0v) is 14.4. The average Bonchev–Trinajstić information content (AvgIpc) is 3.12. The lowest BCUT2D eigenvalue weighted by atomic mass is 9.92. The first kappa shape index (κ1) is 16.7. The first-order valence-electron chi connectivity index (χ1n) is 8.94. The Morgan fingerprint density at radius 2 is 1.92 bits per heavy atom. The van der Waals surface area contributed by atoms with Crippen LogP contribution in [-0.2, 0) is 6.54 Å². The van der Waals surface area contributed by atoms with Gasteiger partial charge >= 0.3 is 11.6 Å². The number of halogens is 1. The van der Waals surface area contributed by atoms with E-state index in [9.17, 15) is 4.39 Å². The highest BCUT2D eigenvalue weighted by atomic mass is 19.1. The molecule has 26 heavy (non-hydrogen) atoms. The quantitative estimate of drug-likeness (QED) is 0.561. The van der Waals surface area contributed by atoms with E-state index in [1.165, 1.54) is 12.1 Å². The highest BCUT2D eigenvalue weighted by Crippen LogP contribution is 2.22. The molecule has 7 nitrogen and oxygen atoms in total. The van der Waals surface area contributed by atoms with Crippen molar-refractivity contribution >= 4 is 22.9 Å². The molecule has 6 N–H and O–H groups in total. The van der Waals surface area contributed by atoms with E-state index in [0.717, 1.165) is 42.4 Å². The number of nitrogens with two attached hydrogens (primary N) is 1. The van der Waals surface area contributed by atoms with Crippen LogP contribution in [0, 0.1) is 5.82 Å². The van der Waals surface area contributed by atoms with Crippen LogP contribution in [0.25, 0.3) is 11.2 Å². The Kier molecular flexibility index (Phi) is 4.66. The Labute approximate surface area is 150 Å². The van der Waals surface area contributed by atoms with Crippen molar-refractivity contribution in [3.05, 3.63) is 42.0 Å². The maximum absolute atomic E-state index is 13.0. The van der Waals surface area contributed by atoms with Crippen LogP contribution in [0.5, 0.6) is 0 Å². The van der Waals surface area contributed by atoms with Gasteiger partial charge in [0, 0.05) is 18.6 Å². The molecule has 4 rings (SSSR count). The molecule has 1 fully saturated rings. The topological polar surface area (TPSA) is 106 Å². The molecule has 1 aliphatic carbocycles. The molecule has 1 saturated carbocycles. The number of aromatic nitrogens is 4. The van der Waals surface area contributed by atoms with Crippen LogP contribution in [0.4, 0.5) is 16.2 Å². The maximum atomic E-state index is 13.0. The normalized spacial score (nSPS) is 20.2. The number of hydrogen-bond donors (Lipinski definition) is 4. The predicted molar refractivity (Wildman–Crippen MR) is 98.0 cm³/mol. The molecular weight excluding hydrogens is 333 g/mol. The molecule has 8 heteroatoms. The summed E-state index contributed by atoms with van der Waals surface area (Å²) in [5.74, 6) is 1.06. The maximum Gasteiger partial charge on any atom is 0.307 e. The third-order valence-electron chi connectivity index (χ3n) is 4.81. The number of fused-ring (bicyclic) bond motifs is 1. The highest BCUT2D eigenvalue weighted by Gasteiger charge is 2.22. The molecule has 0 spiro atoms. The number of nitrogens with zero attached hydrogens (tertiary/aromatic N) is 2. The van der Waals surface area contributed by atoms with Gasteiger partial charge in [-0.05, 0) is 43.4 Å². The Bertz CT molecular complexity index is 869. The second kappa shape index (κ2) is 7.25. The predicted octanol–water partition coefficient (Wildman–Crippen LogP) is 2.20. The van der Waals surface area contributed by atoms with E-state index in [1.54, 1.807) is 18.5 Å². The van der Waals surface area contributed by atoms with Gasteiger partial charge in [0.25, 0.3) is 0 Å². The van der Waals surface area contributed by atoms with Gasteiger partial charge in [-0.25, -0.2) is 9.37 Å². The van der Waals surface area contributed by atoms with Crippen LogP contribution in [0.2, 0.25) is 0 Å². The fraction of sp³-hybridized carbons (Fsp3) is 0.389. The summed E-state index contributed by atoms with van der Waals surface area (Å²) in [5, 5.41) is 6.74. The van der Waals surface area contributed by atoms with E-state index in [4.69, 9.17) is 5.73 Å². The number of rotatable bonds is 5. The van der Waals surface area contributed by atoms with E-state index in [-0.39, 0.29) is 5.82 Å². The molecule has 0 saturated heterocycles. The summed E-state index contributed by atoms with van der Waals surface area (Å²) in [6.07, 6.45) is 5.82. The summed E-state index contributed by atoms with van der Waals surface area (Å²) in [6.45, 7) is 0.545. The average molecular weight is 356 g/mol. The van der Waals surface area contributed by atoms with Gasteiger partial charge in [-0.1, -0.05) is 17.1 Å². The zero-order valence-electron chi connectivity index (χ0n) is 14.4. The van der Waals surface area contributed by atoms with Crippen molar-refractivity contribution in [1.29, 1.82) is 0 Å². The van der Waals surface area contributed by atoms with Crippen molar-refractivity contribution < 1.29 is 9.37 Å². The third-order valence-corrected chi connectivity index (χ3v) is 4.81. The molecular formula is C18H23FN7+. The second-order valence-corrected chi connectivity index (χ2v) is 6.79. The lowest BCUT2D eigenvalue weighted by Crippen LogP contribution is -2.33. The summed E-state index contributed by atoms with van der Waals surface area (Å²) < 4.78 is 13.0. The Hall–Kier alpha value is -2.74. The number of H-pyrrole nitrogens is 2. The Morgan fingerprint density at radius 3 is 2.69 bits per heavy atom. The smallest absolute Gasteiger partial charge is 0.307 e. The summed E-state index contributed by atoms with van der Waals surface area (Å²) in [7, 11) is 0. The van der Waals surface area contributed by atoms with E-state index >= 15 is 0 Å². The highest BCUT2D eigenvalue weighted by molar-refractivity contribution is 5.81. The first-order chi connectivity index (χ1) is 12.7. The van der Waals surface area contributed by atoms with Gasteiger partial charge in [0.05, 0.1) is 0 Å². The van der Waals surface area contributed by atoms with Crippen molar-refractivity contribution in [2.45, 2.75) is 44.3 Å². The molecule has 0 amide bonds. The van der Waals surface area contributed by atoms with Gasteiger partial charge in [-0.3, -0.25) is 4.98 Å². The SMILES string of the molecule is NC1CCC(Nc2nc(NCc3ccc(F)cc3)c3[nH]c[nH+]c3n2)CC1. The monoisotopic (exact) mass is 356 g/mol. The molecule has 2 heterocycles. The van der Waals surface area contributed by atoms with Crippen LogP contribution in [0.3, 0.4) is 0 Å². The fourth-order valence-corrected chi connectivity index (χ4v) is 3.31. The van der Waals surface area contributed by atoms with Crippen LogP contribution in [0.15, 0.2) is 30.6 Å². The molecule has 0 unspecified atom stereocenters. The van der Waals surface area contributed by atoms with Gasteiger partial charge in [-0.2, -0.15) is 4.98 Å². The molecule has 136 valence electrons. The molecule has 0 aliphatic heterocycles. The number of aromatic amines is 2. The zero-order chi connectivity index (χ0) is 17.9. The minimum atomic E-state index is -0.240. The van der Waals surface area contributed by atoms with Crippen molar-refractivity contribution in [3.63, 3.8) is 0 Å². The van der Waals surface area contributed by atoms with E-state index in [1.807, 2.05) is 0 Å². The van der Waals surface area contributed by atoms with E-state index in [0.29, 0.717) is 30.4 Å². The number of imidazole rings is 1. The van der Waals surface area contributed by atoms with Gasteiger partial charge in [0.15, 0.2) is 12.1 Å². The summed E-state index contributed by atoms with van der Waals surface area (Å²) in [5.41, 5.74) is 8.50. The lowest BCUT2D eigenvalue weighted by molar-refractivity contribution is -0.347. The van der Waals surface area contributed by atoms with Crippen molar-refractivity contribution in [1.82, 2.24) is 15.0 Å². The number of hydrogen-bond acceptors (Lipinski definition) is 5. The van der Waals surface area contributed by atoms with Crippen LogP contribution in [-0.4, -0.2) is 27.0 Å². The Balaban J connectivity index is 1.51. The molecule has 2 aromatic heterocycles. The first-order valence-corrected chi connectivity index (χ1v) is 8.94. The summed E-state index contributed by atoms with van der Waals surface area (Å²) in [6, 6.07) is 7.07. The Morgan fingerprint density at radius 1 is 1.15 bits per heavy atom. The molecule has 0 bridgehead atoms. The van der Waals surface area contributed by atoms with Crippen molar-refractivity contribution in [3.8, 4) is 0 Å². The molecule has 1 aromatic carbocycles. The largest absolute Gasteiger partial charge is 0.363 e. The van der Waals surface area contributed by atoms with E-state index in [2.05, 4.69) is 30.6 Å². The number of anilines is 2. The lowest BCUT2D eigenvalue weighted by Gasteiger charge is -2.26. The second-order valence-electron chi connectivity index (χ2n) is 6.79. The summed E-state index contributed by atoms with van der Waals surface area (Å²) in [4.78, 5) is 15.4. The minimum absolute atomic E-state index is 0.240. The summed E-state index contributed by atoms with van der Waals surface area (Å²) >= 11 is 0. The standard InChI is InChI=1S/C18H22FN7/c19-12-3-1-11(2-4-12)9-21-16-15-17(23-10-22-15)26-18(25-16)24-14-7-5-13(20)6-8-14/h1-4,10,13-14H,5-9,20H2,(H3,21,22,23,24,25,26)/p+1. The fourth-order valence-electron chi connectivity index (χ4n) is 3.31. The molecule has 0 atom stereocenters. The molecule has 0 radical (unpaired) electrons. The van der Waals surface area contributed by atoms with Crippen molar-refractivity contribution in [2.75, 3.05) is 10.6 Å². The van der Waals surface area contributed by atoms with Gasteiger partial charge in [0.1, 0.15) is 5.82 Å². The van der Waals surface area contributed by atoms with Crippen LogP contribution in [0.1, 0.15) is 31.2 Å². The van der Waals surface area contributed by atoms with Crippen LogP contribution < -0.4 is 21.4 Å². The minimum Gasteiger partial charge on any atom is -0.363 e.